The van der Waals surface area contributed by atoms with Crippen molar-refractivity contribution in [3.8, 4) is 0 Å². The average Bonchev–Trinajstić information content (AvgIpc) is 3.05. The Kier molecular flexibility index (Phi) is 4.85. The van der Waals surface area contributed by atoms with Crippen LogP contribution in [0.3, 0.4) is 0 Å². The molecule has 0 aromatic carbocycles. The van der Waals surface area contributed by atoms with Crippen LogP contribution < -0.4 is 10.6 Å². The molecule has 1 saturated heterocycles. The van der Waals surface area contributed by atoms with E-state index in [1.807, 2.05) is 0 Å². The van der Waals surface area contributed by atoms with Gasteiger partial charge in [0.2, 0.25) is 5.91 Å². The minimum atomic E-state index is -0.0190. The van der Waals surface area contributed by atoms with Gasteiger partial charge in [-0.15, -0.1) is 0 Å². The summed E-state index contributed by atoms with van der Waals surface area (Å²) in [5.74, 6) is 0.800. The van der Waals surface area contributed by atoms with Crippen molar-refractivity contribution in [3.05, 3.63) is 0 Å². The first kappa shape index (κ1) is 14.8. The summed E-state index contributed by atoms with van der Waals surface area (Å²) < 4.78 is 5.46. The lowest BCUT2D eigenvalue weighted by molar-refractivity contribution is -0.125. The van der Waals surface area contributed by atoms with Crippen molar-refractivity contribution < 1.29 is 9.53 Å². The normalized spacial score (nSPS) is 28.6. The van der Waals surface area contributed by atoms with Crippen LogP contribution in [0.2, 0.25) is 0 Å². The molecule has 4 nitrogen and oxygen atoms in total. The summed E-state index contributed by atoms with van der Waals surface area (Å²) in [7, 11) is 0. The van der Waals surface area contributed by atoms with Crippen LogP contribution in [0.5, 0.6) is 0 Å². The van der Waals surface area contributed by atoms with Crippen LogP contribution >= 0.6 is 0 Å². The quantitative estimate of drug-likeness (QED) is 0.736. The lowest BCUT2D eigenvalue weighted by Gasteiger charge is -2.23. The number of rotatable bonds is 7. The topological polar surface area (TPSA) is 50.4 Å². The molecule has 0 radical (unpaired) electrons. The predicted octanol–water partition coefficient (Wildman–Crippen LogP) is 1.55. The first-order chi connectivity index (χ1) is 9.09. The Morgan fingerprint density at radius 2 is 2.11 bits per heavy atom. The molecule has 110 valence electrons. The zero-order valence-corrected chi connectivity index (χ0v) is 12.5. The molecule has 4 heteroatoms. The summed E-state index contributed by atoms with van der Waals surface area (Å²) in [5.41, 5.74) is 0.376. The van der Waals surface area contributed by atoms with Crippen molar-refractivity contribution >= 4 is 5.91 Å². The molecule has 2 N–H and O–H groups in total. The van der Waals surface area contributed by atoms with Crippen molar-refractivity contribution in [1.29, 1.82) is 0 Å². The summed E-state index contributed by atoms with van der Waals surface area (Å²) in [5, 5.41) is 6.57. The molecule has 0 bridgehead atoms. The molecule has 1 saturated carbocycles. The number of nitrogens with one attached hydrogen (secondary N) is 2. The SMILES string of the molecule is CCCNC1COCC1C(=O)NCC1(C(C)C)CC1. The maximum absolute atomic E-state index is 12.3. The molecule has 2 fully saturated rings. The Bertz CT molecular complexity index is 313. The van der Waals surface area contributed by atoms with Gasteiger partial charge in [-0.2, -0.15) is 0 Å². The second-order valence-electron chi connectivity index (χ2n) is 6.44. The van der Waals surface area contributed by atoms with Crippen molar-refractivity contribution in [3.63, 3.8) is 0 Å². The fourth-order valence-corrected chi connectivity index (χ4v) is 2.86. The Balaban J connectivity index is 1.79. The van der Waals surface area contributed by atoms with Gasteiger partial charge in [0.25, 0.3) is 0 Å². The number of carbonyl (C=O) groups excluding carboxylic acids is 1. The highest BCUT2D eigenvalue weighted by Gasteiger charge is 2.46. The summed E-state index contributed by atoms with van der Waals surface area (Å²) in [6.45, 7) is 9.65. The third kappa shape index (κ3) is 3.48. The summed E-state index contributed by atoms with van der Waals surface area (Å²) in [6, 6.07) is 0.189. The highest BCUT2D eigenvalue weighted by molar-refractivity contribution is 5.80. The second-order valence-corrected chi connectivity index (χ2v) is 6.44. The Morgan fingerprint density at radius 3 is 2.68 bits per heavy atom. The molecular formula is C15H28N2O2. The highest BCUT2D eigenvalue weighted by Crippen LogP contribution is 2.51. The largest absolute Gasteiger partial charge is 0.379 e. The third-order valence-electron chi connectivity index (χ3n) is 4.81. The molecule has 2 rings (SSSR count). The van der Waals surface area contributed by atoms with E-state index in [4.69, 9.17) is 4.74 Å². The van der Waals surface area contributed by atoms with E-state index < -0.39 is 0 Å². The van der Waals surface area contributed by atoms with E-state index in [1.165, 1.54) is 12.8 Å². The van der Waals surface area contributed by atoms with E-state index in [0.29, 0.717) is 24.5 Å². The van der Waals surface area contributed by atoms with Crippen LogP contribution in [0.25, 0.3) is 0 Å². The molecule has 0 spiro atoms. The van der Waals surface area contributed by atoms with Crippen molar-refractivity contribution in [2.24, 2.45) is 17.3 Å². The van der Waals surface area contributed by atoms with Gasteiger partial charge >= 0.3 is 0 Å². The maximum Gasteiger partial charge on any atom is 0.227 e. The van der Waals surface area contributed by atoms with Gasteiger partial charge in [-0.05, 0) is 37.1 Å². The Labute approximate surface area is 116 Å². The van der Waals surface area contributed by atoms with Gasteiger partial charge in [0.15, 0.2) is 0 Å². The number of carbonyl (C=O) groups is 1. The molecule has 2 atom stereocenters. The Morgan fingerprint density at radius 1 is 1.37 bits per heavy atom. The van der Waals surface area contributed by atoms with Crippen LogP contribution in [-0.2, 0) is 9.53 Å². The molecule has 1 aliphatic heterocycles. The van der Waals surface area contributed by atoms with Crippen LogP contribution in [0, 0.1) is 17.3 Å². The zero-order valence-electron chi connectivity index (χ0n) is 12.5. The van der Waals surface area contributed by atoms with Crippen molar-refractivity contribution in [2.75, 3.05) is 26.3 Å². The van der Waals surface area contributed by atoms with Gasteiger partial charge in [0.1, 0.15) is 0 Å². The van der Waals surface area contributed by atoms with Crippen molar-refractivity contribution in [2.45, 2.75) is 46.1 Å². The lowest BCUT2D eigenvalue weighted by Crippen LogP contribution is -2.45. The molecule has 2 aliphatic rings. The van der Waals surface area contributed by atoms with E-state index in [9.17, 15) is 4.79 Å². The van der Waals surface area contributed by atoms with Crippen LogP contribution in [0.1, 0.15) is 40.0 Å². The minimum absolute atomic E-state index is 0.0190. The van der Waals surface area contributed by atoms with Crippen LogP contribution in [-0.4, -0.2) is 38.3 Å². The van der Waals surface area contributed by atoms with E-state index in [1.54, 1.807) is 0 Å². The molecule has 19 heavy (non-hydrogen) atoms. The Hall–Kier alpha value is -0.610. The van der Waals surface area contributed by atoms with E-state index in [-0.39, 0.29) is 17.9 Å². The first-order valence-corrected chi connectivity index (χ1v) is 7.68. The molecule has 0 aromatic rings. The number of hydrogen-bond donors (Lipinski definition) is 2. The van der Waals surface area contributed by atoms with Gasteiger partial charge in [-0.3, -0.25) is 4.79 Å². The van der Waals surface area contributed by atoms with Gasteiger partial charge in [0, 0.05) is 12.6 Å². The van der Waals surface area contributed by atoms with E-state index in [2.05, 4.69) is 31.4 Å². The fraction of sp³-hybridized carbons (Fsp3) is 0.933. The minimum Gasteiger partial charge on any atom is -0.379 e. The van der Waals surface area contributed by atoms with Crippen molar-refractivity contribution in [1.82, 2.24) is 10.6 Å². The van der Waals surface area contributed by atoms with E-state index in [0.717, 1.165) is 19.5 Å². The highest BCUT2D eigenvalue weighted by atomic mass is 16.5. The van der Waals surface area contributed by atoms with Crippen LogP contribution in [0.4, 0.5) is 0 Å². The lowest BCUT2D eigenvalue weighted by atomic mass is 9.92. The average molecular weight is 268 g/mol. The summed E-state index contributed by atoms with van der Waals surface area (Å²) in [4.78, 5) is 12.3. The van der Waals surface area contributed by atoms with Gasteiger partial charge in [0.05, 0.1) is 19.1 Å². The van der Waals surface area contributed by atoms with Gasteiger partial charge in [-0.1, -0.05) is 20.8 Å². The number of hydrogen-bond acceptors (Lipinski definition) is 3. The van der Waals surface area contributed by atoms with Crippen LogP contribution in [0.15, 0.2) is 0 Å². The molecular weight excluding hydrogens is 240 g/mol. The molecule has 0 aromatic heterocycles. The predicted molar refractivity (Wildman–Crippen MR) is 75.9 cm³/mol. The summed E-state index contributed by atoms with van der Waals surface area (Å²) in [6.07, 6.45) is 3.59. The van der Waals surface area contributed by atoms with Gasteiger partial charge < -0.3 is 15.4 Å². The monoisotopic (exact) mass is 268 g/mol. The third-order valence-corrected chi connectivity index (χ3v) is 4.81. The van der Waals surface area contributed by atoms with Gasteiger partial charge in [-0.25, -0.2) is 0 Å². The second kappa shape index (κ2) is 6.23. The molecule has 1 aliphatic carbocycles. The fourth-order valence-electron chi connectivity index (χ4n) is 2.86. The molecule has 1 amide bonds. The summed E-state index contributed by atoms with van der Waals surface area (Å²) >= 11 is 0. The molecule has 2 unspecified atom stereocenters. The van der Waals surface area contributed by atoms with E-state index >= 15 is 0 Å². The zero-order chi connectivity index (χ0) is 13.9. The smallest absolute Gasteiger partial charge is 0.227 e. The maximum atomic E-state index is 12.3. The standard InChI is InChI=1S/C15H28N2O2/c1-4-7-16-13-9-19-8-12(13)14(18)17-10-15(5-6-15)11(2)3/h11-13,16H,4-10H2,1-3H3,(H,17,18). The number of ether oxygens (including phenoxy) is 1. The number of amides is 1. The first-order valence-electron chi connectivity index (χ1n) is 7.68. The molecule has 1 heterocycles.